The minimum atomic E-state index is -0.466. The van der Waals surface area contributed by atoms with Crippen molar-refractivity contribution in [2.75, 3.05) is 26.8 Å². The fraction of sp³-hybridized carbons (Fsp3) is 0.500. The third kappa shape index (κ3) is 4.52. The highest BCUT2D eigenvalue weighted by Crippen LogP contribution is 2.18. The largest absolute Gasteiger partial charge is 0.494 e. The van der Waals surface area contributed by atoms with Crippen LogP contribution in [0.4, 0.5) is 4.39 Å². The van der Waals surface area contributed by atoms with Crippen molar-refractivity contribution < 1.29 is 19.0 Å². The highest BCUT2D eigenvalue weighted by Gasteiger charge is 2.13. The molecule has 0 aliphatic rings. The van der Waals surface area contributed by atoms with Crippen LogP contribution in [0.3, 0.4) is 0 Å². The number of nitrogens with zero attached hydrogens (tertiary/aromatic N) is 1. The maximum absolute atomic E-state index is 13.5. The van der Waals surface area contributed by atoms with Crippen molar-refractivity contribution in [1.82, 2.24) is 4.90 Å². The van der Waals surface area contributed by atoms with Crippen molar-refractivity contribution in [2.45, 2.75) is 19.8 Å². The lowest BCUT2D eigenvalue weighted by Gasteiger charge is -2.20. The third-order valence-corrected chi connectivity index (χ3v) is 2.89. The number of carbonyl (C=O) groups excluding carboxylic acids is 1. The van der Waals surface area contributed by atoms with Crippen LogP contribution >= 0.6 is 0 Å². The van der Waals surface area contributed by atoms with Gasteiger partial charge in [0.25, 0.3) is 0 Å². The predicted molar refractivity (Wildman–Crippen MR) is 70.6 cm³/mol. The van der Waals surface area contributed by atoms with Crippen molar-refractivity contribution in [3.63, 3.8) is 0 Å². The number of hydrogen-bond donors (Lipinski definition) is 1. The van der Waals surface area contributed by atoms with Gasteiger partial charge in [-0.3, -0.25) is 4.79 Å². The fourth-order valence-corrected chi connectivity index (χ4v) is 1.83. The van der Waals surface area contributed by atoms with E-state index in [1.165, 1.54) is 19.2 Å². The van der Waals surface area contributed by atoms with E-state index < -0.39 is 5.82 Å². The Morgan fingerprint density at radius 2 is 2.21 bits per heavy atom. The number of carbonyl (C=O) groups is 1. The Morgan fingerprint density at radius 1 is 1.47 bits per heavy atom. The predicted octanol–water partition coefficient (Wildman–Crippen LogP) is 1.61. The zero-order valence-electron chi connectivity index (χ0n) is 11.4. The van der Waals surface area contributed by atoms with Gasteiger partial charge in [0, 0.05) is 19.7 Å². The zero-order valence-corrected chi connectivity index (χ0v) is 11.4. The Hall–Kier alpha value is -1.62. The number of methoxy groups -OCH3 is 1. The van der Waals surface area contributed by atoms with E-state index in [-0.39, 0.29) is 24.7 Å². The summed E-state index contributed by atoms with van der Waals surface area (Å²) in [6.45, 7) is 3.03. The molecule has 0 spiro atoms. The molecule has 0 atom stereocenters. The highest BCUT2D eigenvalue weighted by molar-refractivity contribution is 5.78. The number of rotatable bonds is 7. The van der Waals surface area contributed by atoms with E-state index >= 15 is 0 Å². The van der Waals surface area contributed by atoms with Crippen LogP contribution in [0.25, 0.3) is 0 Å². The maximum Gasteiger partial charge on any atom is 0.226 e. The monoisotopic (exact) mass is 269 g/mol. The van der Waals surface area contributed by atoms with Gasteiger partial charge < -0.3 is 14.7 Å². The number of benzene rings is 1. The summed E-state index contributed by atoms with van der Waals surface area (Å²) in [5, 5.41) is 8.77. The Balaban J connectivity index is 2.67. The molecule has 0 aromatic heterocycles. The van der Waals surface area contributed by atoms with Crippen LogP contribution in [-0.2, 0) is 11.2 Å². The average molecular weight is 269 g/mol. The molecule has 0 saturated carbocycles. The van der Waals surface area contributed by atoms with Gasteiger partial charge in [-0.25, -0.2) is 4.39 Å². The minimum absolute atomic E-state index is 0.0565. The molecule has 1 amide bonds. The van der Waals surface area contributed by atoms with Crippen LogP contribution in [-0.4, -0.2) is 42.7 Å². The minimum Gasteiger partial charge on any atom is -0.494 e. The summed E-state index contributed by atoms with van der Waals surface area (Å²) in [5.74, 6) is -0.365. The van der Waals surface area contributed by atoms with Crippen LogP contribution in [0.5, 0.6) is 5.75 Å². The molecule has 0 fully saturated rings. The van der Waals surface area contributed by atoms with Gasteiger partial charge >= 0.3 is 0 Å². The molecular weight excluding hydrogens is 249 g/mol. The average Bonchev–Trinajstić information content (AvgIpc) is 2.40. The number of likely N-dealkylation sites (N-methyl/N-ethyl adjacent to an activating group) is 1. The maximum atomic E-state index is 13.5. The molecule has 1 N–H and O–H groups in total. The number of aliphatic hydroxyl groups is 1. The molecule has 4 nitrogen and oxygen atoms in total. The molecule has 5 heteroatoms. The normalized spacial score (nSPS) is 10.3. The topological polar surface area (TPSA) is 49.8 Å². The van der Waals surface area contributed by atoms with E-state index in [2.05, 4.69) is 0 Å². The first kappa shape index (κ1) is 15.4. The molecule has 0 saturated heterocycles. The summed E-state index contributed by atoms with van der Waals surface area (Å²) in [6, 6.07) is 4.51. The van der Waals surface area contributed by atoms with Crippen molar-refractivity contribution in [1.29, 1.82) is 0 Å². The second-order valence-electron chi connectivity index (χ2n) is 4.20. The molecule has 0 unspecified atom stereocenters. The Labute approximate surface area is 112 Å². The first-order valence-electron chi connectivity index (χ1n) is 6.33. The standard InChI is InChI=1S/C14H20FNO3/c1-3-16(7-4-8-17)14(18)10-11-5-6-13(19-2)12(15)9-11/h5-6,9,17H,3-4,7-8,10H2,1-2H3. The van der Waals surface area contributed by atoms with E-state index in [9.17, 15) is 9.18 Å². The van der Waals surface area contributed by atoms with E-state index in [1.54, 1.807) is 11.0 Å². The first-order valence-corrected chi connectivity index (χ1v) is 6.33. The first-order chi connectivity index (χ1) is 9.12. The van der Waals surface area contributed by atoms with Gasteiger partial charge in [0.15, 0.2) is 11.6 Å². The van der Waals surface area contributed by atoms with Crippen molar-refractivity contribution in [3.8, 4) is 5.75 Å². The van der Waals surface area contributed by atoms with Gasteiger partial charge in [0.2, 0.25) is 5.91 Å². The molecule has 0 aliphatic heterocycles. The van der Waals surface area contributed by atoms with Gasteiger partial charge in [-0.15, -0.1) is 0 Å². The van der Waals surface area contributed by atoms with Gasteiger partial charge in [-0.05, 0) is 31.0 Å². The van der Waals surface area contributed by atoms with Gasteiger partial charge in [0.05, 0.1) is 13.5 Å². The summed E-state index contributed by atoms with van der Waals surface area (Å²) >= 11 is 0. The molecule has 0 radical (unpaired) electrons. The molecule has 19 heavy (non-hydrogen) atoms. The molecule has 1 aromatic rings. The lowest BCUT2D eigenvalue weighted by molar-refractivity contribution is -0.130. The highest BCUT2D eigenvalue weighted by atomic mass is 19.1. The Bertz CT molecular complexity index is 423. The van der Waals surface area contributed by atoms with Gasteiger partial charge in [-0.2, -0.15) is 0 Å². The number of hydrogen-bond acceptors (Lipinski definition) is 3. The van der Waals surface area contributed by atoms with Crippen LogP contribution < -0.4 is 4.74 Å². The van der Waals surface area contributed by atoms with Gasteiger partial charge in [0.1, 0.15) is 0 Å². The van der Waals surface area contributed by atoms with Crippen molar-refractivity contribution in [2.24, 2.45) is 0 Å². The smallest absolute Gasteiger partial charge is 0.226 e. The summed E-state index contributed by atoms with van der Waals surface area (Å²) in [5.41, 5.74) is 0.616. The summed E-state index contributed by atoms with van der Waals surface area (Å²) in [4.78, 5) is 13.7. The Morgan fingerprint density at radius 3 is 2.74 bits per heavy atom. The number of aliphatic hydroxyl groups excluding tert-OH is 1. The quantitative estimate of drug-likeness (QED) is 0.818. The number of halogens is 1. The second-order valence-corrected chi connectivity index (χ2v) is 4.20. The number of ether oxygens (including phenoxy) is 1. The van der Waals surface area contributed by atoms with Gasteiger partial charge in [-0.1, -0.05) is 6.07 Å². The van der Waals surface area contributed by atoms with Crippen LogP contribution in [0.15, 0.2) is 18.2 Å². The second kappa shape index (κ2) is 7.74. The Kier molecular flexibility index (Phi) is 6.29. The van der Waals surface area contributed by atoms with Crippen LogP contribution in [0.1, 0.15) is 18.9 Å². The molecule has 1 aromatic carbocycles. The van der Waals surface area contributed by atoms with E-state index in [4.69, 9.17) is 9.84 Å². The van der Waals surface area contributed by atoms with Crippen LogP contribution in [0.2, 0.25) is 0 Å². The third-order valence-electron chi connectivity index (χ3n) is 2.89. The van der Waals surface area contributed by atoms with E-state index in [0.717, 1.165) is 0 Å². The SMILES string of the molecule is CCN(CCCO)C(=O)Cc1ccc(OC)c(F)c1. The molecule has 0 bridgehead atoms. The van der Waals surface area contributed by atoms with E-state index in [1.807, 2.05) is 6.92 Å². The zero-order chi connectivity index (χ0) is 14.3. The lowest BCUT2D eigenvalue weighted by Crippen LogP contribution is -2.33. The van der Waals surface area contributed by atoms with E-state index in [0.29, 0.717) is 25.1 Å². The van der Waals surface area contributed by atoms with Crippen molar-refractivity contribution >= 4 is 5.91 Å². The molecule has 0 aliphatic carbocycles. The molecule has 1 rings (SSSR count). The van der Waals surface area contributed by atoms with Crippen molar-refractivity contribution in [3.05, 3.63) is 29.6 Å². The number of amides is 1. The molecule has 0 heterocycles. The fourth-order valence-electron chi connectivity index (χ4n) is 1.83. The molecule has 106 valence electrons. The van der Waals surface area contributed by atoms with Crippen LogP contribution in [0, 0.1) is 5.82 Å². The lowest BCUT2D eigenvalue weighted by atomic mass is 10.1. The molecular formula is C14H20FNO3. The summed E-state index contributed by atoms with van der Waals surface area (Å²) < 4.78 is 18.3. The summed E-state index contributed by atoms with van der Waals surface area (Å²) in [7, 11) is 1.40. The summed E-state index contributed by atoms with van der Waals surface area (Å²) in [6.07, 6.45) is 0.705.